The van der Waals surface area contributed by atoms with Crippen molar-refractivity contribution in [3.05, 3.63) is 89.0 Å². The van der Waals surface area contributed by atoms with Crippen LogP contribution in [0.3, 0.4) is 0 Å². The van der Waals surface area contributed by atoms with Gasteiger partial charge in [0.15, 0.2) is 0 Å². The van der Waals surface area contributed by atoms with Gasteiger partial charge in [0.05, 0.1) is 8.07 Å². The molecule has 0 fully saturated rings. The normalized spacial score (nSPS) is 12.1. The Morgan fingerprint density at radius 3 is 2.08 bits per heavy atom. The van der Waals surface area contributed by atoms with Crippen LogP contribution in [0.5, 0.6) is 0 Å². The first kappa shape index (κ1) is 15.9. The van der Waals surface area contributed by atoms with Gasteiger partial charge in [-0.15, -0.1) is 0 Å². The van der Waals surface area contributed by atoms with E-state index in [4.69, 9.17) is 0 Å². The van der Waals surface area contributed by atoms with Crippen molar-refractivity contribution in [2.24, 2.45) is 0 Å². The van der Waals surface area contributed by atoms with Gasteiger partial charge in [0, 0.05) is 11.1 Å². The Bertz CT molecular complexity index is 993. The van der Waals surface area contributed by atoms with Gasteiger partial charge in [0.25, 0.3) is 0 Å². The molecule has 1 heteroatoms. The molecule has 25 heavy (non-hydrogen) atoms. The van der Waals surface area contributed by atoms with E-state index in [0.717, 1.165) is 17.5 Å². The van der Waals surface area contributed by atoms with Crippen LogP contribution in [0, 0.1) is 11.8 Å². The van der Waals surface area contributed by atoms with E-state index in [9.17, 15) is 0 Å². The third kappa shape index (κ3) is 3.18. The molecule has 3 aromatic rings. The summed E-state index contributed by atoms with van der Waals surface area (Å²) in [6.45, 7) is 7.11. The number of benzene rings is 3. The van der Waals surface area contributed by atoms with Gasteiger partial charge in [-0.2, -0.15) is 0 Å². The highest BCUT2D eigenvalue weighted by molar-refractivity contribution is 6.88. The van der Waals surface area contributed by atoms with Crippen molar-refractivity contribution >= 4 is 13.3 Å². The Kier molecular flexibility index (Phi) is 3.86. The highest BCUT2D eigenvalue weighted by Gasteiger charge is 2.17. The molecule has 0 heterocycles. The molecule has 0 bridgehead atoms. The number of hydrogen-bond acceptors (Lipinski definition) is 0. The highest BCUT2D eigenvalue weighted by Crippen LogP contribution is 2.36. The fraction of sp³-hybridized carbons (Fsp3) is 0.167. The average molecular weight is 339 g/mol. The second-order valence-electron chi connectivity index (χ2n) is 7.78. The first-order chi connectivity index (χ1) is 12.0. The second kappa shape index (κ2) is 6.06. The summed E-state index contributed by atoms with van der Waals surface area (Å²) in [6.07, 6.45) is 1.02. The fourth-order valence-electron chi connectivity index (χ4n) is 3.42. The Labute approximate surface area is 151 Å². The van der Waals surface area contributed by atoms with Crippen molar-refractivity contribution in [2.45, 2.75) is 26.1 Å². The fourth-order valence-corrected chi connectivity index (χ4v) is 4.59. The monoisotopic (exact) mass is 338 g/mol. The second-order valence-corrected chi connectivity index (χ2v) is 12.9. The summed E-state index contributed by atoms with van der Waals surface area (Å²) in [5, 5.41) is 1.48. The van der Waals surface area contributed by atoms with Crippen molar-refractivity contribution in [3.8, 4) is 23.0 Å². The molecule has 0 amide bonds. The SMILES string of the molecule is C[Si](C)(C)c1ccc(C#Cc2ccc3c(c2)Cc2ccccc2-3)cc1. The molecule has 1 aliphatic carbocycles. The molecule has 1 aliphatic rings. The van der Waals surface area contributed by atoms with E-state index in [2.05, 4.69) is 98.2 Å². The van der Waals surface area contributed by atoms with Crippen LogP contribution >= 0.6 is 0 Å². The van der Waals surface area contributed by atoms with Gasteiger partial charge in [0.1, 0.15) is 0 Å². The molecule has 0 atom stereocenters. The van der Waals surface area contributed by atoms with Gasteiger partial charge < -0.3 is 0 Å². The molecule has 122 valence electrons. The first-order valence-electron chi connectivity index (χ1n) is 8.84. The van der Waals surface area contributed by atoms with E-state index < -0.39 is 8.07 Å². The predicted molar refractivity (Wildman–Crippen MR) is 110 cm³/mol. The Morgan fingerprint density at radius 2 is 1.32 bits per heavy atom. The number of hydrogen-bond donors (Lipinski definition) is 0. The number of fused-ring (bicyclic) bond motifs is 3. The van der Waals surface area contributed by atoms with Crippen LogP contribution < -0.4 is 5.19 Å². The molecule has 0 radical (unpaired) electrons. The first-order valence-corrected chi connectivity index (χ1v) is 12.3. The molecular formula is C24H22Si. The minimum atomic E-state index is -1.23. The van der Waals surface area contributed by atoms with Crippen LogP contribution in [0.1, 0.15) is 22.3 Å². The van der Waals surface area contributed by atoms with Crippen molar-refractivity contribution in [1.29, 1.82) is 0 Å². The quantitative estimate of drug-likeness (QED) is 0.330. The van der Waals surface area contributed by atoms with E-state index in [-0.39, 0.29) is 0 Å². The summed E-state index contributed by atoms with van der Waals surface area (Å²) < 4.78 is 0. The Morgan fingerprint density at radius 1 is 0.680 bits per heavy atom. The van der Waals surface area contributed by atoms with Gasteiger partial charge in [-0.05, 0) is 52.9 Å². The summed E-state index contributed by atoms with van der Waals surface area (Å²) >= 11 is 0. The third-order valence-corrected chi connectivity index (χ3v) is 6.96. The van der Waals surface area contributed by atoms with E-state index >= 15 is 0 Å². The molecule has 0 nitrogen and oxygen atoms in total. The van der Waals surface area contributed by atoms with Crippen LogP contribution in [-0.4, -0.2) is 8.07 Å². The van der Waals surface area contributed by atoms with Crippen molar-refractivity contribution < 1.29 is 0 Å². The Hall–Kier alpha value is -2.56. The molecule has 0 aromatic heterocycles. The lowest BCUT2D eigenvalue weighted by Gasteiger charge is -2.15. The molecule has 0 saturated carbocycles. The molecule has 0 aliphatic heterocycles. The van der Waals surface area contributed by atoms with Crippen molar-refractivity contribution in [2.75, 3.05) is 0 Å². The summed E-state index contributed by atoms with van der Waals surface area (Å²) in [7, 11) is -1.23. The summed E-state index contributed by atoms with van der Waals surface area (Å²) in [4.78, 5) is 0. The van der Waals surface area contributed by atoms with E-state index in [0.29, 0.717) is 0 Å². The predicted octanol–water partition coefficient (Wildman–Crippen LogP) is 5.20. The number of rotatable bonds is 1. The lowest BCUT2D eigenvalue weighted by atomic mass is 10.0. The van der Waals surface area contributed by atoms with Gasteiger partial charge in [-0.25, -0.2) is 0 Å². The zero-order chi connectivity index (χ0) is 17.4. The highest BCUT2D eigenvalue weighted by atomic mass is 28.3. The van der Waals surface area contributed by atoms with Crippen LogP contribution in [0.25, 0.3) is 11.1 Å². The topological polar surface area (TPSA) is 0 Å². The maximum Gasteiger partial charge on any atom is 0.0775 e. The van der Waals surface area contributed by atoms with Crippen LogP contribution in [0.15, 0.2) is 66.7 Å². The van der Waals surface area contributed by atoms with Gasteiger partial charge >= 0.3 is 0 Å². The molecule has 0 N–H and O–H groups in total. The maximum atomic E-state index is 3.34. The minimum absolute atomic E-state index is 1.02. The van der Waals surface area contributed by atoms with Crippen LogP contribution in [0.4, 0.5) is 0 Å². The zero-order valence-corrected chi connectivity index (χ0v) is 16.1. The zero-order valence-electron chi connectivity index (χ0n) is 15.1. The molecule has 0 saturated heterocycles. The maximum absolute atomic E-state index is 3.34. The average Bonchev–Trinajstić information content (AvgIpc) is 2.97. The van der Waals surface area contributed by atoms with Gasteiger partial charge in [-0.1, -0.05) is 79.1 Å². The standard InChI is InChI=1S/C24H22Si/c1-25(2,3)22-13-10-18(11-14-22)8-9-19-12-15-24-21(16-19)17-20-6-4-5-7-23(20)24/h4-7,10-16H,17H2,1-3H3. The van der Waals surface area contributed by atoms with Gasteiger partial charge in [-0.3, -0.25) is 0 Å². The summed E-state index contributed by atoms with van der Waals surface area (Å²) in [5.41, 5.74) is 7.73. The molecular weight excluding hydrogens is 316 g/mol. The van der Waals surface area contributed by atoms with Crippen LogP contribution in [-0.2, 0) is 6.42 Å². The summed E-state index contributed by atoms with van der Waals surface area (Å²) in [5.74, 6) is 6.65. The van der Waals surface area contributed by atoms with E-state index in [1.807, 2.05) is 0 Å². The third-order valence-electron chi connectivity index (χ3n) is 4.90. The molecule has 0 unspecified atom stereocenters. The summed E-state index contributed by atoms with van der Waals surface area (Å²) in [6, 6.07) is 24.1. The molecule has 3 aromatic carbocycles. The molecule has 0 spiro atoms. The largest absolute Gasteiger partial charge is 0.0775 e. The van der Waals surface area contributed by atoms with Crippen LogP contribution in [0.2, 0.25) is 19.6 Å². The van der Waals surface area contributed by atoms with Crippen molar-refractivity contribution in [3.63, 3.8) is 0 Å². The lowest BCUT2D eigenvalue weighted by Crippen LogP contribution is -2.37. The Balaban J connectivity index is 1.59. The van der Waals surface area contributed by atoms with E-state index in [1.54, 1.807) is 0 Å². The minimum Gasteiger partial charge on any atom is -0.0656 e. The smallest absolute Gasteiger partial charge is 0.0656 e. The lowest BCUT2D eigenvalue weighted by molar-refractivity contribution is 1.26. The van der Waals surface area contributed by atoms with E-state index in [1.165, 1.54) is 27.4 Å². The van der Waals surface area contributed by atoms with Crippen molar-refractivity contribution in [1.82, 2.24) is 0 Å². The van der Waals surface area contributed by atoms with Gasteiger partial charge in [0.2, 0.25) is 0 Å². The molecule has 4 rings (SSSR count).